The number of alkyl halides is 3. The summed E-state index contributed by atoms with van der Waals surface area (Å²) in [6.45, 7) is 3.45. The molecule has 122 valence electrons. The zero-order chi connectivity index (χ0) is 16.9. The van der Waals surface area contributed by atoms with Gasteiger partial charge in [-0.25, -0.2) is 0 Å². The average molecular weight is 403 g/mol. The van der Waals surface area contributed by atoms with Crippen LogP contribution in [-0.4, -0.2) is 21.0 Å². The lowest BCUT2D eigenvalue weighted by molar-refractivity contribution is -0.124. The van der Waals surface area contributed by atoms with E-state index in [2.05, 4.69) is 16.0 Å². The van der Waals surface area contributed by atoms with Crippen molar-refractivity contribution in [3.05, 3.63) is 29.3 Å². The third kappa shape index (κ3) is 6.34. The van der Waals surface area contributed by atoms with Crippen molar-refractivity contribution < 1.29 is 4.79 Å². The molecule has 0 heterocycles. The van der Waals surface area contributed by atoms with Gasteiger partial charge in [0.1, 0.15) is 6.17 Å². The Morgan fingerprint density at radius 3 is 2.27 bits per heavy atom. The van der Waals surface area contributed by atoms with Crippen molar-refractivity contribution in [2.24, 2.45) is 5.92 Å². The highest BCUT2D eigenvalue weighted by Gasteiger charge is 2.35. The van der Waals surface area contributed by atoms with Crippen LogP contribution in [0.4, 0.5) is 5.69 Å². The predicted octanol–water partition coefficient (Wildman–Crippen LogP) is 4.09. The molecule has 0 aliphatic rings. The van der Waals surface area contributed by atoms with Crippen molar-refractivity contribution in [1.29, 1.82) is 0 Å². The lowest BCUT2D eigenvalue weighted by Gasteiger charge is -2.28. The van der Waals surface area contributed by atoms with Gasteiger partial charge in [0, 0.05) is 5.92 Å². The Hall–Kier alpha value is -0.460. The van der Waals surface area contributed by atoms with Gasteiger partial charge in [-0.15, -0.1) is 0 Å². The molecular formula is C13H15Cl4N3OS. The number of benzene rings is 1. The number of rotatable bonds is 4. The second-order valence-corrected chi connectivity index (χ2v) is 7.90. The molecule has 3 N–H and O–H groups in total. The molecule has 1 atom stereocenters. The van der Waals surface area contributed by atoms with E-state index in [4.69, 9.17) is 58.6 Å². The van der Waals surface area contributed by atoms with Crippen LogP contribution in [-0.2, 0) is 4.79 Å². The lowest BCUT2D eigenvalue weighted by Crippen LogP contribution is -2.56. The Kier molecular flexibility index (Phi) is 7.49. The van der Waals surface area contributed by atoms with Crippen molar-refractivity contribution >= 4 is 75.3 Å². The van der Waals surface area contributed by atoms with Crippen LogP contribution in [0.2, 0.25) is 5.02 Å². The van der Waals surface area contributed by atoms with E-state index in [9.17, 15) is 4.79 Å². The number of thiocarbonyl (C=S) groups is 1. The molecular weight excluding hydrogens is 388 g/mol. The molecule has 0 radical (unpaired) electrons. The summed E-state index contributed by atoms with van der Waals surface area (Å²) in [7, 11) is 0. The molecule has 0 bridgehead atoms. The topological polar surface area (TPSA) is 53.2 Å². The van der Waals surface area contributed by atoms with Crippen molar-refractivity contribution in [2.45, 2.75) is 23.8 Å². The maximum atomic E-state index is 11.8. The SMILES string of the molecule is CC(C)C(=O)N[C@H](NC(=S)Nc1ccccc1Cl)C(Cl)(Cl)Cl. The third-order valence-electron chi connectivity index (χ3n) is 2.54. The smallest absolute Gasteiger partial charge is 0.228 e. The van der Waals surface area contributed by atoms with Crippen LogP contribution in [0.1, 0.15) is 13.8 Å². The quantitative estimate of drug-likeness (QED) is 0.403. The zero-order valence-electron chi connectivity index (χ0n) is 11.8. The molecule has 22 heavy (non-hydrogen) atoms. The normalized spacial score (nSPS) is 12.7. The number of hydrogen-bond acceptors (Lipinski definition) is 2. The van der Waals surface area contributed by atoms with Gasteiger partial charge in [-0.3, -0.25) is 4.79 Å². The largest absolute Gasteiger partial charge is 0.339 e. The first-order valence-electron chi connectivity index (χ1n) is 6.30. The average Bonchev–Trinajstić information content (AvgIpc) is 2.39. The van der Waals surface area contributed by atoms with Crippen molar-refractivity contribution in [3.8, 4) is 0 Å². The van der Waals surface area contributed by atoms with Gasteiger partial charge in [-0.05, 0) is 24.4 Å². The van der Waals surface area contributed by atoms with E-state index in [0.717, 1.165) is 0 Å². The molecule has 0 fully saturated rings. The molecule has 0 spiro atoms. The van der Waals surface area contributed by atoms with Crippen LogP contribution in [0, 0.1) is 5.92 Å². The van der Waals surface area contributed by atoms with Gasteiger partial charge in [0.15, 0.2) is 5.11 Å². The molecule has 1 rings (SSSR count). The fourth-order valence-corrected chi connectivity index (χ4v) is 2.10. The number of carbonyl (C=O) groups is 1. The lowest BCUT2D eigenvalue weighted by atomic mass is 10.2. The number of hydrogen-bond donors (Lipinski definition) is 3. The molecule has 0 saturated carbocycles. The van der Waals surface area contributed by atoms with Gasteiger partial charge in [0.25, 0.3) is 0 Å². The van der Waals surface area contributed by atoms with Gasteiger partial charge in [-0.1, -0.05) is 72.4 Å². The Labute approximate surface area is 154 Å². The molecule has 0 unspecified atom stereocenters. The fourth-order valence-electron chi connectivity index (χ4n) is 1.36. The van der Waals surface area contributed by atoms with Gasteiger partial charge < -0.3 is 16.0 Å². The highest BCUT2D eigenvalue weighted by molar-refractivity contribution is 7.80. The van der Waals surface area contributed by atoms with E-state index in [1.165, 1.54) is 0 Å². The Bertz CT molecular complexity index is 548. The van der Waals surface area contributed by atoms with E-state index in [-0.39, 0.29) is 16.9 Å². The first-order chi connectivity index (χ1) is 10.1. The number of carbonyl (C=O) groups excluding carboxylic acids is 1. The molecule has 1 aromatic carbocycles. The monoisotopic (exact) mass is 401 g/mol. The minimum absolute atomic E-state index is 0.161. The van der Waals surface area contributed by atoms with Crippen molar-refractivity contribution in [2.75, 3.05) is 5.32 Å². The van der Waals surface area contributed by atoms with Crippen LogP contribution >= 0.6 is 58.6 Å². The van der Waals surface area contributed by atoms with E-state index < -0.39 is 9.96 Å². The second kappa shape index (κ2) is 8.41. The van der Waals surface area contributed by atoms with Gasteiger partial charge in [0.05, 0.1) is 10.7 Å². The summed E-state index contributed by atoms with van der Waals surface area (Å²) in [5.74, 6) is -0.536. The van der Waals surface area contributed by atoms with E-state index in [0.29, 0.717) is 10.7 Å². The molecule has 0 aliphatic heterocycles. The third-order valence-corrected chi connectivity index (χ3v) is 3.74. The minimum atomic E-state index is -1.78. The number of nitrogens with one attached hydrogen (secondary N) is 3. The van der Waals surface area contributed by atoms with Crippen LogP contribution in [0.3, 0.4) is 0 Å². The van der Waals surface area contributed by atoms with Crippen LogP contribution in [0.25, 0.3) is 0 Å². The van der Waals surface area contributed by atoms with Crippen LogP contribution in [0.5, 0.6) is 0 Å². The Morgan fingerprint density at radius 2 is 1.77 bits per heavy atom. The molecule has 4 nitrogen and oxygen atoms in total. The van der Waals surface area contributed by atoms with E-state index >= 15 is 0 Å². The van der Waals surface area contributed by atoms with Crippen LogP contribution in [0.15, 0.2) is 24.3 Å². The molecule has 9 heteroatoms. The van der Waals surface area contributed by atoms with Gasteiger partial charge in [0.2, 0.25) is 9.70 Å². The number of amides is 1. The highest BCUT2D eigenvalue weighted by atomic mass is 35.6. The maximum absolute atomic E-state index is 11.8. The number of para-hydroxylation sites is 1. The molecule has 0 saturated heterocycles. The van der Waals surface area contributed by atoms with E-state index in [1.54, 1.807) is 38.1 Å². The summed E-state index contributed by atoms with van der Waals surface area (Å²) in [6, 6.07) is 7.04. The minimum Gasteiger partial charge on any atom is -0.339 e. The van der Waals surface area contributed by atoms with Gasteiger partial charge >= 0.3 is 0 Å². The predicted molar refractivity (Wildman–Crippen MR) is 97.9 cm³/mol. The molecule has 1 amide bonds. The second-order valence-electron chi connectivity index (χ2n) is 4.72. The number of halogens is 4. The van der Waals surface area contributed by atoms with Crippen LogP contribution < -0.4 is 16.0 Å². The van der Waals surface area contributed by atoms with Crippen molar-refractivity contribution in [3.63, 3.8) is 0 Å². The first kappa shape index (κ1) is 19.6. The fraction of sp³-hybridized carbons (Fsp3) is 0.385. The molecule has 0 aliphatic carbocycles. The zero-order valence-corrected chi connectivity index (χ0v) is 15.6. The van der Waals surface area contributed by atoms with E-state index in [1.807, 2.05) is 0 Å². The Balaban J connectivity index is 2.75. The highest BCUT2D eigenvalue weighted by Crippen LogP contribution is 2.29. The number of anilines is 1. The summed E-state index contributed by atoms with van der Waals surface area (Å²) >= 11 is 28.8. The summed E-state index contributed by atoms with van der Waals surface area (Å²) in [5.41, 5.74) is 0.597. The molecule has 1 aromatic rings. The Morgan fingerprint density at radius 1 is 1.18 bits per heavy atom. The standard InChI is InChI=1S/C13H15Cl4N3OS/c1-7(2)10(21)19-11(13(15,16)17)20-12(22)18-9-6-4-3-5-8(9)14/h3-7,11H,1-2H3,(H,19,21)(H2,18,20,22)/t11-/m1/s1. The summed E-state index contributed by atoms with van der Waals surface area (Å²) in [4.78, 5) is 11.8. The maximum Gasteiger partial charge on any atom is 0.228 e. The summed E-state index contributed by atoms with van der Waals surface area (Å²) in [6.07, 6.45) is -0.991. The first-order valence-corrected chi connectivity index (χ1v) is 8.22. The molecule has 0 aromatic heterocycles. The van der Waals surface area contributed by atoms with Crippen molar-refractivity contribution in [1.82, 2.24) is 10.6 Å². The summed E-state index contributed by atoms with van der Waals surface area (Å²) < 4.78 is -1.78. The summed E-state index contributed by atoms with van der Waals surface area (Å²) in [5, 5.41) is 8.86. The van der Waals surface area contributed by atoms with Gasteiger partial charge in [-0.2, -0.15) is 0 Å².